The lowest BCUT2D eigenvalue weighted by Gasteiger charge is -2.35. The maximum atomic E-state index is 13.0. The van der Waals surface area contributed by atoms with Crippen LogP contribution in [0, 0.1) is 19.8 Å². The first-order valence-corrected chi connectivity index (χ1v) is 9.81. The highest BCUT2D eigenvalue weighted by Crippen LogP contribution is 2.26. The number of benzene rings is 1. The molecular formula is C21H26N4O3. The zero-order chi connectivity index (χ0) is 19.7. The molecule has 0 spiro atoms. The summed E-state index contributed by atoms with van der Waals surface area (Å²) >= 11 is 0. The number of piperazine rings is 1. The van der Waals surface area contributed by atoms with Gasteiger partial charge in [0, 0.05) is 56.9 Å². The van der Waals surface area contributed by atoms with E-state index in [-0.39, 0.29) is 17.7 Å². The van der Waals surface area contributed by atoms with Crippen molar-refractivity contribution in [2.24, 2.45) is 5.92 Å². The van der Waals surface area contributed by atoms with Crippen LogP contribution in [-0.4, -0.2) is 59.5 Å². The SMILES string of the molecule is Cc1noc(C)c1CN1CCN(C(=O)[C@@H]2CC(=O)N(c3ccccc3)C2)CC1. The molecule has 3 heterocycles. The Morgan fingerprint density at radius 1 is 1.14 bits per heavy atom. The summed E-state index contributed by atoms with van der Waals surface area (Å²) in [5.74, 6) is 0.744. The molecule has 28 heavy (non-hydrogen) atoms. The molecule has 2 aromatic rings. The summed E-state index contributed by atoms with van der Waals surface area (Å²) in [6.07, 6.45) is 0.299. The minimum Gasteiger partial charge on any atom is -0.361 e. The average Bonchev–Trinajstić information content (AvgIpc) is 3.26. The Bertz CT molecular complexity index is 836. The Morgan fingerprint density at radius 3 is 2.50 bits per heavy atom. The molecule has 0 saturated carbocycles. The van der Waals surface area contributed by atoms with Crippen molar-refractivity contribution in [3.8, 4) is 0 Å². The second-order valence-electron chi connectivity index (χ2n) is 7.65. The number of amides is 2. The highest BCUT2D eigenvalue weighted by molar-refractivity contribution is 6.00. The van der Waals surface area contributed by atoms with Crippen molar-refractivity contribution in [3.05, 3.63) is 47.3 Å². The van der Waals surface area contributed by atoms with Crippen LogP contribution in [0.2, 0.25) is 0 Å². The summed E-state index contributed by atoms with van der Waals surface area (Å²) in [5.41, 5.74) is 2.94. The number of aryl methyl sites for hydroxylation is 2. The quantitative estimate of drug-likeness (QED) is 0.809. The first-order valence-electron chi connectivity index (χ1n) is 9.81. The Hall–Kier alpha value is -2.67. The minimum atomic E-state index is -0.248. The van der Waals surface area contributed by atoms with Gasteiger partial charge < -0.3 is 14.3 Å². The van der Waals surface area contributed by atoms with Crippen LogP contribution >= 0.6 is 0 Å². The molecule has 0 unspecified atom stereocenters. The van der Waals surface area contributed by atoms with Gasteiger partial charge in [0.1, 0.15) is 5.76 Å². The van der Waals surface area contributed by atoms with Crippen LogP contribution < -0.4 is 4.90 Å². The smallest absolute Gasteiger partial charge is 0.228 e. The van der Waals surface area contributed by atoms with E-state index in [2.05, 4.69) is 10.1 Å². The van der Waals surface area contributed by atoms with Crippen LogP contribution in [0.3, 0.4) is 0 Å². The molecule has 148 valence electrons. The third-order valence-corrected chi connectivity index (χ3v) is 5.79. The largest absolute Gasteiger partial charge is 0.361 e. The monoisotopic (exact) mass is 382 g/mol. The summed E-state index contributed by atoms with van der Waals surface area (Å²) in [6, 6.07) is 9.58. The maximum absolute atomic E-state index is 13.0. The fourth-order valence-corrected chi connectivity index (χ4v) is 4.07. The molecule has 7 heteroatoms. The van der Waals surface area contributed by atoms with Crippen molar-refractivity contribution >= 4 is 17.5 Å². The predicted octanol–water partition coefficient (Wildman–Crippen LogP) is 1.99. The van der Waals surface area contributed by atoms with Gasteiger partial charge in [-0.25, -0.2) is 0 Å². The lowest BCUT2D eigenvalue weighted by Crippen LogP contribution is -2.50. The van der Waals surface area contributed by atoms with Gasteiger partial charge in [-0.3, -0.25) is 14.5 Å². The van der Waals surface area contributed by atoms with E-state index in [1.165, 1.54) is 0 Å². The number of hydrogen-bond donors (Lipinski definition) is 0. The Kier molecular flexibility index (Phi) is 5.17. The third kappa shape index (κ3) is 3.67. The van der Waals surface area contributed by atoms with Gasteiger partial charge in [0.25, 0.3) is 0 Å². The molecule has 2 fully saturated rings. The van der Waals surface area contributed by atoms with Crippen LogP contribution in [0.4, 0.5) is 5.69 Å². The molecule has 0 radical (unpaired) electrons. The lowest BCUT2D eigenvalue weighted by atomic mass is 10.1. The van der Waals surface area contributed by atoms with Crippen LogP contribution in [-0.2, 0) is 16.1 Å². The Labute approximate surface area is 164 Å². The molecule has 2 aliphatic rings. The Morgan fingerprint density at radius 2 is 1.86 bits per heavy atom. The van der Waals surface area contributed by atoms with Crippen molar-refractivity contribution in [2.75, 3.05) is 37.6 Å². The lowest BCUT2D eigenvalue weighted by molar-refractivity contribution is -0.137. The number of aromatic nitrogens is 1. The summed E-state index contributed by atoms with van der Waals surface area (Å²) in [6.45, 7) is 8.19. The Balaban J connectivity index is 1.32. The second kappa shape index (κ2) is 7.75. The van der Waals surface area contributed by atoms with Gasteiger partial charge in [-0.15, -0.1) is 0 Å². The van der Waals surface area contributed by atoms with E-state index >= 15 is 0 Å². The number of carbonyl (C=O) groups is 2. The van der Waals surface area contributed by atoms with Gasteiger partial charge in [-0.1, -0.05) is 23.4 Å². The van der Waals surface area contributed by atoms with Crippen molar-refractivity contribution in [1.29, 1.82) is 0 Å². The number of hydrogen-bond acceptors (Lipinski definition) is 5. The normalized spacial score (nSPS) is 20.8. The summed E-state index contributed by atoms with van der Waals surface area (Å²) in [5, 5.41) is 4.01. The summed E-state index contributed by atoms with van der Waals surface area (Å²) in [7, 11) is 0. The van der Waals surface area contributed by atoms with Gasteiger partial charge in [-0.2, -0.15) is 0 Å². The highest BCUT2D eigenvalue weighted by atomic mass is 16.5. The third-order valence-electron chi connectivity index (χ3n) is 5.79. The average molecular weight is 382 g/mol. The fourth-order valence-electron chi connectivity index (χ4n) is 4.07. The number of carbonyl (C=O) groups excluding carboxylic acids is 2. The number of nitrogens with zero attached hydrogens (tertiary/aromatic N) is 4. The van der Waals surface area contributed by atoms with Gasteiger partial charge in [0.2, 0.25) is 11.8 Å². The first kappa shape index (κ1) is 18.7. The molecule has 1 aromatic carbocycles. The van der Waals surface area contributed by atoms with Gasteiger partial charge in [0.15, 0.2) is 0 Å². The summed E-state index contributed by atoms with van der Waals surface area (Å²) in [4.78, 5) is 31.3. The van der Waals surface area contributed by atoms with Gasteiger partial charge in [-0.05, 0) is 26.0 Å². The zero-order valence-electron chi connectivity index (χ0n) is 16.4. The van der Waals surface area contributed by atoms with Crippen molar-refractivity contribution in [2.45, 2.75) is 26.8 Å². The predicted molar refractivity (Wildman–Crippen MR) is 105 cm³/mol. The van der Waals surface area contributed by atoms with E-state index in [1.807, 2.05) is 49.1 Å². The minimum absolute atomic E-state index is 0.0293. The van der Waals surface area contributed by atoms with Crippen molar-refractivity contribution < 1.29 is 14.1 Å². The molecule has 0 N–H and O–H groups in total. The topological polar surface area (TPSA) is 69.9 Å². The molecule has 1 atom stereocenters. The highest BCUT2D eigenvalue weighted by Gasteiger charge is 2.37. The van der Waals surface area contributed by atoms with E-state index in [1.54, 1.807) is 4.90 Å². The van der Waals surface area contributed by atoms with Crippen LogP contribution in [0.5, 0.6) is 0 Å². The van der Waals surface area contributed by atoms with Gasteiger partial charge >= 0.3 is 0 Å². The van der Waals surface area contributed by atoms with Crippen LogP contribution in [0.25, 0.3) is 0 Å². The first-order chi connectivity index (χ1) is 13.5. The molecule has 2 aliphatic heterocycles. The van der Waals surface area contributed by atoms with E-state index in [4.69, 9.17) is 4.52 Å². The number of para-hydroxylation sites is 1. The number of rotatable bonds is 4. The zero-order valence-corrected chi connectivity index (χ0v) is 16.4. The second-order valence-corrected chi connectivity index (χ2v) is 7.65. The van der Waals surface area contributed by atoms with E-state index < -0.39 is 0 Å². The van der Waals surface area contributed by atoms with E-state index in [0.717, 1.165) is 42.3 Å². The maximum Gasteiger partial charge on any atom is 0.228 e. The molecule has 1 aromatic heterocycles. The van der Waals surface area contributed by atoms with Crippen LogP contribution in [0.1, 0.15) is 23.4 Å². The molecule has 0 aliphatic carbocycles. The molecule has 2 amide bonds. The molecule has 4 rings (SSSR count). The summed E-state index contributed by atoms with van der Waals surface area (Å²) < 4.78 is 5.24. The van der Waals surface area contributed by atoms with E-state index in [9.17, 15) is 9.59 Å². The van der Waals surface area contributed by atoms with Gasteiger partial charge in [0.05, 0.1) is 11.6 Å². The molecule has 0 bridgehead atoms. The van der Waals surface area contributed by atoms with E-state index in [0.29, 0.717) is 26.1 Å². The van der Waals surface area contributed by atoms with Crippen LogP contribution in [0.15, 0.2) is 34.9 Å². The standard InChI is InChI=1S/C21H26N4O3/c1-15-19(16(2)28-22-15)14-23-8-10-24(11-9-23)21(27)17-12-20(26)25(13-17)18-6-4-3-5-7-18/h3-7,17H,8-14H2,1-2H3/t17-/m1/s1. The number of anilines is 1. The molecule has 2 saturated heterocycles. The van der Waals surface area contributed by atoms with Crippen molar-refractivity contribution in [1.82, 2.24) is 15.0 Å². The van der Waals surface area contributed by atoms with Crippen molar-refractivity contribution in [3.63, 3.8) is 0 Å². The fraction of sp³-hybridized carbons (Fsp3) is 0.476. The molecule has 7 nitrogen and oxygen atoms in total. The molecular weight excluding hydrogens is 356 g/mol.